The third-order valence-corrected chi connectivity index (χ3v) is 4.57. The van der Waals surface area contributed by atoms with Crippen molar-refractivity contribution in [1.29, 1.82) is 0 Å². The normalized spacial score (nSPS) is 17.3. The minimum atomic E-state index is -9.50. The summed E-state index contributed by atoms with van der Waals surface area (Å²) in [4.78, 5) is 11.9. The van der Waals surface area contributed by atoms with Gasteiger partial charge in [0.25, 0.3) is 0 Å². The fourth-order valence-corrected chi connectivity index (χ4v) is 2.11. The van der Waals surface area contributed by atoms with Gasteiger partial charge in [0.2, 0.25) is 0 Å². The van der Waals surface area contributed by atoms with Gasteiger partial charge in [-0.25, -0.2) is 4.79 Å². The van der Waals surface area contributed by atoms with E-state index in [1.807, 2.05) is 0 Å². The Balaban J connectivity index is 7.33. The quantitative estimate of drug-likeness (QED) is 0.120. The Morgan fingerprint density at radius 1 is 0.488 bits per heavy atom. The van der Waals surface area contributed by atoms with Crippen LogP contribution in [0.1, 0.15) is 6.92 Å². The molecule has 0 fully saturated rings. The van der Waals surface area contributed by atoms with E-state index < -0.39 is 77.1 Å². The van der Waals surface area contributed by atoms with Crippen molar-refractivity contribution in [3.63, 3.8) is 0 Å². The highest BCUT2D eigenvalue weighted by atomic mass is 19.4. The van der Waals surface area contributed by atoms with Crippen molar-refractivity contribution in [3.05, 3.63) is 12.2 Å². The number of carbonyl (C=O) groups excluding carboxylic acids is 1. The van der Waals surface area contributed by atoms with Crippen molar-refractivity contribution in [2.24, 2.45) is 0 Å². The minimum Gasteiger partial charge on any atom is -0.393 e. The van der Waals surface area contributed by atoms with Gasteiger partial charge in [0.15, 0.2) is 0 Å². The van der Waals surface area contributed by atoms with Gasteiger partial charge >= 0.3 is 71.5 Å². The molecule has 0 aliphatic rings. The van der Waals surface area contributed by atoms with E-state index in [-0.39, 0.29) is 6.92 Å². The molecule has 0 aromatic rings. The van der Waals surface area contributed by atoms with Crippen molar-refractivity contribution < 1.29 is 116 Å². The molecule has 0 aliphatic carbocycles. The Morgan fingerprint density at radius 3 is 0.951 bits per heavy atom. The topological polar surface area (TPSA) is 35.5 Å². The highest BCUT2D eigenvalue weighted by Gasteiger charge is 2.99. The van der Waals surface area contributed by atoms with Gasteiger partial charge in [-0.3, -0.25) is 0 Å². The fraction of sp³-hybridized carbons (Fsp3) is 0.800. The molecule has 3 nitrogen and oxygen atoms in total. The first-order chi connectivity index (χ1) is 17.4. The number of hydrogen-bond donors (Lipinski definition) is 0. The lowest BCUT2D eigenvalue weighted by Crippen LogP contribution is -2.78. The molecule has 41 heavy (non-hydrogen) atoms. The number of halogens is 23. The fourth-order valence-electron chi connectivity index (χ4n) is 2.11. The van der Waals surface area contributed by atoms with Crippen molar-refractivity contribution in [2.45, 2.75) is 72.4 Å². The van der Waals surface area contributed by atoms with Crippen LogP contribution in [-0.4, -0.2) is 71.5 Å². The van der Waals surface area contributed by atoms with E-state index in [2.05, 4.69) is 11.3 Å². The average molecular weight is 670 g/mol. The largest absolute Gasteiger partial charge is 0.471 e. The molecule has 0 bridgehead atoms. The summed E-state index contributed by atoms with van der Waals surface area (Å²) >= 11 is 0. The molecule has 0 radical (unpaired) electrons. The summed E-state index contributed by atoms with van der Waals surface area (Å²) in [6.07, 6.45) is -15.6. The number of hydrogen-bond acceptors (Lipinski definition) is 3. The second kappa shape index (κ2) is 9.80. The lowest BCUT2D eigenvalue weighted by Gasteiger charge is -2.45. The molecular formula is C15H5F23O3. The Labute approximate surface area is 207 Å². The van der Waals surface area contributed by atoms with E-state index in [4.69, 9.17) is 0 Å². The van der Waals surface area contributed by atoms with E-state index >= 15 is 0 Å². The van der Waals surface area contributed by atoms with Crippen LogP contribution in [-0.2, 0) is 14.5 Å². The van der Waals surface area contributed by atoms with Gasteiger partial charge in [-0.05, 0) is 11.4 Å². The molecule has 0 saturated heterocycles. The summed E-state index contributed by atoms with van der Waals surface area (Å²) in [5, 5.41) is 0. The molecule has 244 valence electrons. The Kier molecular flexibility index (Phi) is 9.22. The van der Waals surface area contributed by atoms with Crippen LogP contribution in [0.4, 0.5) is 101 Å². The van der Waals surface area contributed by atoms with Crippen molar-refractivity contribution in [1.82, 2.24) is 0 Å². The standard InChI is InChI=1S/C15H5F23O3/c1-3(2)4(39)40-15(36,37)13(32,41-38)11(28,29)9(24,25)7(20,21)5(16,17)6(18,19)8(22,23)10(26,27)12(30,31)14(33,34)35/h1H2,2H3. The van der Waals surface area contributed by atoms with E-state index in [0.717, 1.165) is 4.94 Å². The molecule has 26 heteroatoms. The van der Waals surface area contributed by atoms with Crippen LogP contribution >= 0.6 is 0 Å². The first-order valence-electron chi connectivity index (χ1n) is 8.73. The summed E-state index contributed by atoms with van der Waals surface area (Å²) in [6, 6.07) is 0. The predicted molar refractivity (Wildman–Crippen MR) is 77.5 cm³/mol. The van der Waals surface area contributed by atoms with Gasteiger partial charge < -0.3 is 4.74 Å². The minimum absolute atomic E-state index is 0.246. The molecule has 0 N–H and O–H groups in total. The Morgan fingerprint density at radius 2 is 0.732 bits per heavy atom. The summed E-state index contributed by atoms with van der Waals surface area (Å²) in [5.41, 5.74) is -1.48. The zero-order valence-electron chi connectivity index (χ0n) is 18.1. The van der Waals surface area contributed by atoms with Gasteiger partial charge in [0, 0.05) is 5.57 Å². The third kappa shape index (κ3) is 4.79. The maximum absolute atomic E-state index is 14.0. The summed E-state index contributed by atoms with van der Waals surface area (Å²) in [5.74, 6) is -84.5. The van der Waals surface area contributed by atoms with Crippen LogP contribution in [0, 0.1) is 0 Å². The van der Waals surface area contributed by atoms with Gasteiger partial charge in [-0.2, -0.15) is 96.6 Å². The molecule has 0 aromatic carbocycles. The van der Waals surface area contributed by atoms with Crippen molar-refractivity contribution in [3.8, 4) is 0 Å². The predicted octanol–water partition coefficient (Wildman–Crippen LogP) is 7.91. The lowest BCUT2D eigenvalue weighted by atomic mass is 9.86. The van der Waals surface area contributed by atoms with E-state index in [0.29, 0.717) is 0 Å². The monoisotopic (exact) mass is 670 g/mol. The zero-order chi connectivity index (χ0) is 34.1. The first-order valence-corrected chi connectivity index (χ1v) is 8.73. The molecule has 0 heterocycles. The van der Waals surface area contributed by atoms with Gasteiger partial charge in [-0.1, -0.05) is 6.58 Å². The SMILES string of the molecule is C=C(C)C(=O)OC(F)(F)C(F)(OF)C(F)(F)C(F)(F)C(F)(F)C(F)(F)C(F)(F)C(F)(F)C(F)(F)C(F)(F)C(F)(F)F. The van der Waals surface area contributed by atoms with E-state index in [1.165, 1.54) is 0 Å². The van der Waals surface area contributed by atoms with Crippen LogP contribution < -0.4 is 0 Å². The smallest absolute Gasteiger partial charge is 0.393 e. The molecular weight excluding hydrogens is 665 g/mol. The number of rotatable bonds is 12. The van der Waals surface area contributed by atoms with Crippen LogP contribution in [0.5, 0.6) is 0 Å². The lowest BCUT2D eigenvalue weighted by molar-refractivity contribution is -0.518. The number of ether oxygens (including phenoxy) is 1. The molecule has 0 aromatic heterocycles. The molecule has 1 unspecified atom stereocenters. The summed E-state index contributed by atoms with van der Waals surface area (Å²) in [6.45, 7) is 2.62. The summed E-state index contributed by atoms with van der Waals surface area (Å²) in [7, 11) is 0. The van der Waals surface area contributed by atoms with Crippen molar-refractivity contribution >= 4 is 5.97 Å². The van der Waals surface area contributed by atoms with Crippen LogP contribution in [0.3, 0.4) is 0 Å². The Hall–Kier alpha value is -2.44. The van der Waals surface area contributed by atoms with Crippen LogP contribution in [0.15, 0.2) is 12.2 Å². The second-order valence-corrected chi connectivity index (χ2v) is 7.45. The Bertz CT molecular complexity index is 1010. The van der Waals surface area contributed by atoms with Gasteiger partial charge in [-0.15, -0.1) is 4.94 Å². The highest BCUT2D eigenvalue weighted by Crippen LogP contribution is 2.67. The number of esters is 1. The van der Waals surface area contributed by atoms with Crippen LogP contribution in [0.25, 0.3) is 0 Å². The van der Waals surface area contributed by atoms with Crippen LogP contribution in [0.2, 0.25) is 0 Å². The molecule has 0 amide bonds. The van der Waals surface area contributed by atoms with Crippen molar-refractivity contribution in [2.75, 3.05) is 0 Å². The van der Waals surface area contributed by atoms with E-state index in [1.54, 1.807) is 0 Å². The third-order valence-electron chi connectivity index (χ3n) is 4.57. The van der Waals surface area contributed by atoms with E-state index in [9.17, 15) is 106 Å². The molecule has 0 rings (SSSR count). The number of carbonyl (C=O) groups is 1. The molecule has 0 saturated carbocycles. The average Bonchev–Trinajstić information content (AvgIpc) is 2.75. The van der Waals surface area contributed by atoms with Gasteiger partial charge in [0.05, 0.1) is 0 Å². The number of alkyl halides is 22. The van der Waals surface area contributed by atoms with Gasteiger partial charge in [0.1, 0.15) is 0 Å². The zero-order valence-corrected chi connectivity index (χ0v) is 18.1. The molecule has 1 atom stereocenters. The maximum Gasteiger partial charge on any atom is 0.471 e. The first kappa shape index (κ1) is 38.6. The maximum atomic E-state index is 14.0. The second-order valence-electron chi connectivity index (χ2n) is 7.45. The molecule has 0 spiro atoms. The highest BCUT2D eigenvalue weighted by molar-refractivity contribution is 5.87. The summed E-state index contributed by atoms with van der Waals surface area (Å²) < 4.78 is 307. The molecule has 0 aliphatic heterocycles.